The summed E-state index contributed by atoms with van der Waals surface area (Å²) in [5.41, 5.74) is 3.57. The Morgan fingerprint density at radius 2 is 1.96 bits per heavy atom. The summed E-state index contributed by atoms with van der Waals surface area (Å²) in [4.78, 5) is 13.7. The molecule has 0 amide bonds. The highest BCUT2D eigenvalue weighted by Gasteiger charge is 2.11. The number of fused-ring (bicyclic) bond motifs is 2. The fourth-order valence-corrected chi connectivity index (χ4v) is 3.11. The smallest absolute Gasteiger partial charge is 0.163 e. The number of ether oxygens (including phenoxy) is 1. The van der Waals surface area contributed by atoms with Crippen LogP contribution in [-0.2, 0) is 0 Å². The molecule has 7 heteroatoms. The molecular weight excluding hydrogens is 352 g/mol. The number of pyridine rings is 1. The highest BCUT2D eigenvalue weighted by molar-refractivity contribution is 5.94. The Balaban J connectivity index is 1.67. The summed E-state index contributed by atoms with van der Waals surface area (Å²) in [6.45, 7) is 0. The summed E-state index contributed by atoms with van der Waals surface area (Å²) in [7, 11) is 1.64. The molecule has 7 nitrogen and oxygen atoms in total. The van der Waals surface area contributed by atoms with E-state index in [-0.39, 0.29) is 0 Å². The molecule has 0 aliphatic heterocycles. The lowest BCUT2D eigenvalue weighted by atomic mass is 10.2. The molecule has 0 aliphatic carbocycles. The minimum absolute atomic E-state index is 0.609. The van der Waals surface area contributed by atoms with Gasteiger partial charge in [0.25, 0.3) is 0 Å². The van der Waals surface area contributed by atoms with Crippen molar-refractivity contribution in [2.45, 2.75) is 0 Å². The van der Waals surface area contributed by atoms with Crippen molar-refractivity contribution in [3.05, 3.63) is 67.1 Å². The van der Waals surface area contributed by atoms with Crippen molar-refractivity contribution in [2.24, 2.45) is 0 Å². The summed E-state index contributed by atoms with van der Waals surface area (Å²) < 4.78 is 5.38. The van der Waals surface area contributed by atoms with E-state index in [2.05, 4.69) is 20.5 Å². The molecule has 0 saturated carbocycles. The Bertz CT molecular complexity index is 1280. The molecule has 0 unspecified atom stereocenters. The zero-order chi connectivity index (χ0) is 18.9. The number of nitrogens with one attached hydrogen (secondary N) is 2. The van der Waals surface area contributed by atoms with Gasteiger partial charge in [-0.25, -0.2) is 9.97 Å². The van der Waals surface area contributed by atoms with Crippen molar-refractivity contribution in [3.8, 4) is 17.1 Å². The van der Waals surface area contributed by atoms with Crippen LogP contribution in [0.2, 0.25) is 0 Å². The normalized spacial score (nSPS) is 11.0. The third-order valence-electron chi connectivity index (χ3n) is 4.53. The van der Waals surface area contributed by atoms with E-state index in [0.717, 1.165) is 38.8 Å². The maximum atomic E-state index is 5.38. The fourth-order valence-electron chi connectivity index (χ4n) is 3.11. The highest BCUT2D eigenvalue weighted by atomic mass is 16.5. The summed E-state index contributed by atoms with van der Waals surface area (Å²) >= 11 is 0. The van der Waals surface area contributed by atoms with E-state index in [4.69, 9.17) is 14.7 Å². The summed E-state index contributed by atoms with van der Waals surface area (Å²) in [6, 6.07) is 15.6. The second-order valence-corrected chi connectivity index (χ2v) is 6.32. The van der Waals surface area contributed by atoms with E-state index < -0.39 is 0 Å². The van der Waals surface area contributed by atoms with Crippen LogP contribution in [0.25, 0.3) is 33.2 Å². The molecule has 0 fully saturated rings. The average molecular weight is 368 g/mol. The molecule has 0 aliphatic rings. The van der Waals surface area contributed by atoms with Gasteiger partial charge in [-0.3, -0.25) is 10.1 Å². The topological polar surface area (TPSA) is 88.6 Å². The van der Waals surface area contributed by atoms with Gasteiger partial charge in [-0.1, -0.05) is 0 Å². The minimum Gasteiger partial charge on any atom is -0.497 e. The van der Waals surface area contributed by atoms with Gasteiger partial charge in [-0.05, 0) is 48.5 Å². The fraction of sp³-hybridized carbons (Fsp3) is 0.0476. The van der Waals surface area contributed by atoms with Crippen LogP contribution in [0.4, 0.5) is 11.5 Å². The Hall–Kier alpha value is -4.00. The largest absolute Gasteiger partial charge is 0.497 e. The van der Waals surface area contributed by atoms with Crippen LogP contribution >= 0.6 is 0 Å². The van der Waals surface area contributed by atoms with Crippen molar-refractivity contribution in [1.82, 2.24) is 25.1 Å². The molecule has 0 bridgehead atoms. The van der Waals surface area contributed by atoms with Crippen LogP contribution in [0.1, 0.15) is 0 Å². The number of hydrogen-bond acceptors (Lipinski definition) is 6. The lowest BCUT2D eigenvalue weighted by Gasteiger charge is -2.12. The zero-order valence-electron chi connectivity index (χ0n) is 15.0. The monoisotopic (exact) mass is 368 g/mol. The van der Waals surface area contributed by atoms with Crippen molar-refractivity contribution >= 4 is 33.3 Å². The molecule has 136 valence electrons. The third-order valence-corrected chi connectivity index (χ3v) is 4.53. The minimum atomic E-state index is 0.609. The van der Waals surface area contributed by atoms with E-state index in [9.17, 15) is 0 Å². The highest BCUT2D eigenvalue weighted by Crippen LogP contribution is 2.30. The van der Waals surface area contributed by atoms with Gasteiger partial charge in [-0.2, -0.15) is 5.10 Å². The molecule has 28 heavy (non-hydrogen) atoms. The first kappa shape index (κ1) is 16.2. The molecule has 3 aromatic heterocycles. The Morgan fingerprint density at radius 1 is 1.00 bits per heavy atom. The first-order valence-corrected chi connectivity index (χ1v) is 8.76. The average Bonchev–Trinajstić information content (AvgIpc) is 3.22. The van der Waals surface area contributed by atoms with E-state index in [1.54, 1.807) is 25.7 Å². The SMILES string of the molecule is COc1ccc2nc(-c3cccnc3)nc(Nc3ccc4[nH]ncc4c3)c2c1. The third kappa shape index (κ3) is 2.88. The number of benzene rings is 2. The lowest BCUT2D eigenvalue weighted by Crippen LogP contribution is -2.00. The van der Waals surface area contributed by atoms with Crippen LogP contribution in [0, 0.1) is 0 Å². The Morgan fingerprint density at radius 3 is 2.82 bits per heavy atom. The van der Waals surface area contributed by atoms with Crippen LogP contribution in [0.3, 0.4) is 0 Å². The number of anilines is 2. The van der Waals surface area contributed by atoms with Gasteiger partial charge >= 0.3 is 0 Å². The van der Waals surface area contributed by atoms with Crippen molar-refractivity contribution in [1.29, 1.82) is 0 Å². The van der Waals surface area contributed by atoms with Crippen LogP contribution in [-0.4, -0.2) is 32.3 Å². The number of methoxy groups -OCH3 is 1. The van der Waals surface area contributed by atoms with Crippen molar-refractivity contribution in [3.63, 3.8) is 0 Å². The number of H-pyrrole nitrogens is 1. The zero-order valence-corrected chi connectivity index (χ0v) is 15.0. The second kappa shape index (κ2) is 6.62. The second-order valence-electron chi connectivity index (χ2n) is 6.32. The number of hydrogen-bond donors (Lipinski definition) is 2. The van der Waals surface area contributed by atoms with Crippen LogP contribution in [0.15, 0.2) is 67.1 Å². The maximum Gasteiger partial charge on any atom is 0.163 e. The molecule has 3 heterocycles. The summed E-state index contributed by atoms with van der Waals surface area (Å²) in [5, 5.41) is 12.4. The number of nitrogens with zero attached hydrogens (tertiary/aromatic N) is 4. The number of aromatic amines is 1. The summed E-state index contributed by atoms with van der Waals surface area (Å²) in [6.07, 6.45) is 5.28. The van der Waals surface area contributed by atoms with E-state index in [0.29, 0.717) is 11.6 Å². The van der Waals surface area contributed by atoms with Gasteiger partial charge < -0.3 is 10.1 Å². The van der Waals surface area contributed by atoms with Gasteiger partial charge in [0.05, 0.1) is 24.3 Å². The lowest BCUT2D eigenvalue weighted by molar-refractivity contribution is 0.415. The number of aromatic nitrogens is 5. The standard InChI is InChI=1S/C21H16N6O/c1-28-16-5-7-19-17(10-16)21(26-20(25-19)13-3-2-8-22-11-13)24-15-4-6-18-14(9-15)12-23-27-18/h2-12H,1H3,(H,23,27)(H,24,25,26). The summed E-state index contributed by atoms with van der Waals surface area (Å²) in [5.74, 6) is 2.06. The first-order valence-electron chi connectivity index (χ1n) is 8.76. The van der Waals surface area contributed by atoms with Crippen LogP contribution < -0.4 is 10.1 Å². The van der Waals surface area contributed by atoms with Crippen LogP contribution in [0.5, 0.6) is 5.75 Å². The first-order chi connectivity index (χ1) is 13.8. The maximum absolute atomic E-state index is 5.38. The quantitative estimate of drug-likeness (QED) is 0.491. The predicted octanol–water partition coefficient (Wildman–Crippen LogP) is 4.32. The Labute approximate surface area is 160 Å². The molecular formula is C21H16N6O. The van der Waals surface area contributed by atoms with Crippen molar-refractivity contribution < 1.29 is 4.74 Å². The predicted molar refractivity (Wildman–Crippen MR) is 109 cm³/mol. The van der Waals surface area contributed by atoms with Gasteiger partial charge in [0.15, 0.2) is 5.82 Å². The van der Waals surface area contributed by atoms with E-state index in [1.165, 1.54) is 0 Å². The Kier molecular flexibility index (Phi) is 3.83. The van der Waals surface area contributed by atoms with Gasteiger partial charge in [0.2, 0.25) is 0 Å². The molecule has 0 radical (unpaired) electrons. The molecule has 0 atom stereocenters. The van der Waals surface area contributed by atoms with Gasteiger partial charge in [0, 0.05) is 34.4 Å². The van der Waals surface area contributed by atoms with E-state index in [1.807, 2.05) is 48.5 Å². The molecule has 2 N–H and O–H groups in total. The molecule has 5 aromatic rings. The molecule has 5 rings (SSSR count). The molecule has 0 saturated heterocycles. The molecule has 2 aromatic carbocycles. The van der Waals surface area contributed by atoms with Gasteiger partial charge in [0.1, 0.15) is 11.6 Å². The van der Waals surface area contributed by atoms with E-state index >= 15 is 0 Å². The number of rotatable bonds is 4. The van der Waals surface area contributed by atoms with Gasteiger partial charge in [-0.15, -0.1) is 0 Å². The molecule has 0 spiro atoms. The van der Waals surface area contributed by atoms with Crippen molar-refractivity contribution in [2.75, 3.05) is 12.4 Å².